The number of amides is 1. The van der Waals surface area contributed by atoms with Crippen LogP contribution in [0, 0.1) is 0 Å². The standard InChI is InChI=1S/C18H23F3N4OS/c1-23(17(26)18(19,20)21)8-4-5-9-24-10-12-25(13-11-24)16-14-6-2-3-7-15(14)22-27-16/h2-3,6-7H,4-5,8-13H2,1H3. The Morgan fingerprint density at radius 1 is 1.19 bits per heavy atom. The summed E-state index contributed by atoms with van der Waals surface area (Å²) in [5, 5.41) is 2.39. The van der Waals surface area contributed by atoms with E-state index in [9.17, 15) is 18.0 Å². The molecule has 2 heterocycles. The maximum Gasteiger partial charge on any atom is 0.471 e. The summed E-state index contributed by atoms with van der Waals surface area (Å²) in [6, 6.07) is 8.13. The van der Waals surface area contributed by atoms with Crippen LogP contribution < -0.4 is 4.90 Å². The highest BCUT2D eigenvalue weighted by atomic mass is 32.1. The lowest BCUT2D eigenvalue weighted by Crippen LogP contribution is -2.46. The number of piperazine rings is 1. The smallest absolute Gasteiger partial charge is 0.359 e. The van der Waals surface area contributed by atoms with Gasteiger partial charge in [0.15, 0.2) is 0 Å². The van der Waals surface area contributed by atoms with Gasteiger partial charge in [-0.2, -0.15) is 17.5 Å². The molecule has 0 aliphatic carbocycles. The van der Waals surface area contributed by atoms with Gasteiger partial charge in [-0.15, -0.1) is 0 Å². The summed E-state index contributed by atoms with van der Waals surface area (Å²) in [5.74, 6) is -1.77. The highest BCUT2D eigenvalue weighted by Gasteiger charge is 2.40. The van der Waals surface area contributed by atoms with Crippen LogP contribution in [0.5, 0.6) is 0 Å². The Kier molecular flexibility index (Phi) is 6.21. The number of benzene rings is 1. The first-order valence-electron chi connectivity index (χ1n) is 9.00. The van der Waals surface area contributed by atoms with E-state index in [0.717, 1.165) is 49.6 Å². The van der Waals surface area contributed by atoms with Gasteiger partial charge in [-0.3, -0.25) is 9.69 Å². The van der Waals surface area contributed by atoms with Crippen molar-refractivity contribution < 1.29 is 18.0 Å². The van der Waals surface area contributed by atoms with Gasteiger partial charge in [0, 0.05) is 45.2 Å². The molecule has 2 aromatic rings. The van der Waals surface area contributed by atoms with Crippen LogP contribution in [0.15, 0.2) is 24.3 Å². The molecular weight excluding hydrogens is 377 g/mol. The minimum atomic E-state index is -4.79. The average molecular weight is 400 g/mol. The number of rotatable bonds is 6. The number of anilines is 1. The quantitative estimate of drug-likeness (QED) is 0.698. The molecule has 9 heteroatoms. The van der Waals surface area contributed by atoms with Crippen LogP contribution in [0.2, 0.25) is 0 Å². The van der Waals surface area contributed by atoms with Crippen molar-refractivity contribution in [1.29, 1.82) is 0 Å². The van der Waals surface area contributed by atoms with Crippen LogP contribution in [0.4, 0.5) is 18.2 Å². The molecule has 1 saturated heterocycles. The van der Waals surface area contributed by atoms with Gasteiger partial charge in [-0.25, -0.2) is 0 Å². The zero-order chi connectivity index (χ0) is 19.4. The second-order valence-corrected chi connectivity index (χ2v) is 7.52. The summed E-state index contributed by atoms with van der Waals surface area (Å²) in [7, 11) is 1.20. The minimum Gasteiger partial charge on any atom is -0.359 e. The Balaban J connectivity index is 1.39. The molecular formula is C18H23F3N4OS. The van der Waals surface area contributed by atoms with Gasteiger partial charge in [-0.05, 0) is 43.1 Å². The van der Waals surface area contributed by atoms with Crippen LogP contribution in [-0.4, -0.2) is 72.6 Å². The van der Waals surface area contributed by atoms with E-state index in [4.69, 9.17) is 0 Å². The number of nitrogens with zero attached hydrogens (tertiary/aromatic N) is 4. The normalized spacial score (nSPS) is 16.1. The molecule has 5 nitrogen and oxygen atoms in total. The lowest BCUT2D eigenvalue weighted by Gasteiger charge is -2.35. The molecule has 1 amide bonds. The van der Waals surface area contributed by atoms with E-state index in [0.29, 0.717) is 6.42 Å². The van der Waals surface area contributed by atoms with Crippen molar-refractivity contribution in [2.24, 2.45) is 0 Å². The molecule has 148 valence electrons. The molecule has 1 aliphatic rings. The summed E-state index contributed by atoms with van der Waals surface area (Å²) >= 11 is 1.53. The molecule has 1 aromatic carbocycles. The number of unbranched alkanes of at least 4 members (excludes halogenated alkanes) is 1. The van der Waals surface area contributed by atoms with Crippen LogP contribution in [0.3, 0.4) is 0 Å². The van der Waals surface area contributed by atoms with Gasteiger partial charge < -0.3 is 9.80 Å². The van der Waals surface area contributed by atoms with Crippen molar-refractivity contribution in [3.05, 3.63) is 24.3 Å². The SMILES string of the molecule is CN(CCCCN1CCN(c2snc3ccccc23)CC1)C(=O)C(F)(F)F. The Hall–Kier alpha value is -1.87. The van der Waals surface area contributed by atoms with Crippen molar-refractivity contribution in [3.8, 4) is 0 Å². The fraction of sp³-hybridized carbons (Fsp3) is 0.556. The highest BCUT2D eigenvalue weighted by Crippen LogP contribution is 2.31. The van der Waals surface area contributed by atoms with E-state index in [2.05, 4.69) is 20.2 Å². The first-order valence-corrected chi connectivity index (χ1v) is 9.77. The van der Waals surface area contributed by atoms with Crippen molar-refractivity contribution in [2.45, 2.75) is 19.0 Å². The van der Waals surface area contributed by atoms with E-state index in [1.165, 1.54) is 29.0 Å². The van der Waals surface area contributed by atoms with Gasteiger partial charge in [0.05, 0.1) is 5.52 Å². The number of halogens is 3. The summed E-state index contributed by atoms with van der Waals surface area (Å²) in [5.41, 5.74) is 1.03. The van der Waals surface area contributed by atoms with Crippen LogP contribution in [0.1, 0.15) is 12.8 Å². The van der Waals surface area contributed by atoms with Crippen molar-refractivity contribution >= 4 is 33.3 Å². The van der Waals surface area contributed by atoms with Gasteiger partial charge >= 0.3 is 12.1 Å². The number of hydrogen-bond acceptors (Lipinski definition) is 5. The van der Waals surface area contributed by atoms with E-state index >= 15 is 0 Å². The zero-order valence-electron chi connectivity index (χ0n) is 15.2. The maximum absolute atomic E-state index is 12.3. The van der Waals surface area contributed by atoms with Crippen LogP contribution in [-0.2, 0) is 4.79 Å². The summed E-state index contributed by atoms with van der Waals surface area (Å²) in [6.45, 7) is 4.64. The number of carbonyl (C=O) groups excluding carboxylic acids is 1. The highest BCUT2D eigenvalue weighted by molar-refractivity contribution is 7.11. The third kappa shape index (κ3) is 4.90. The Morgan fingerprint density at radius 2 is 1.89 bits per heavy atom. The molecule has 0 bridgehead atoms. The number of carbonyl (C=O) groups is 1. The van der Waals surface area contributed by atoms with Crippen molar-refractivity contribution in [3.63, 3.8) is 0 Å². The molecule has 0 unspecified atom stereocenters. The number of aromatic nitrogens is 1. The second kappa shape index (κ2) is 8.43. The number of alkyl halides is 3. The summed E-state index contributed by atoms with van der Waals surface area (Å²) < 4.78 is 41.5. The van der Waals surface area contributed by atoms with Crippen LogP contribution in [0.25, 0.3) is 10.9 Å². The zero-order valence-corrected chi connectivity index (χ0v) is 16.0. The number of hydrogen-bond donors (Lipinski definition) is 0. The lowest BCUT2D eigenvalue weighted by molar-refractivity contribution is -0.184. The fourth-order valence-electron chi connectivity index (χ4n) is 3.28. The summed E-state index contributed by atoms with van der Waals surface area (Å²) in [6.07, 6.45) is -3.44. The second-order valence-electron chi connectivity index (χ2n) is 6.77. The lowest BCUT2D eigenvalue weighted by atomic mass is 10.2. The van der Waals surface area contributed by atoms with Gasteiger partial charge in [0.25, 0.3) is 0 Å². The summed E-state index contributed by atoms with van der Waals surface area (Å²) in [4.78, 5) is 16.5. The Bertz CT molecular complexity index is 771. The Morgan fingerprint density at radius 3 is 2.59 bits per heavy atom. The van der Waals surface area contributed by atoms with Crippen LogP contribution >= 0.6 is 11.5 Å². The maximum atomic E-state index is 12.3. The van der Waals surface area contributed by atoms with E-state index in [1.807, 2.05) is 18.2 Å². The fourth-order valence-corrected chi connectivity index (χ4v) is 4.19. The van der Waals surface area contributed by atoms with E-state index in [1.54, 1.807) is 0 Å². The molecule has 0 atom stereocenters. The van der Waals surface area contributed by atoms with E-state index in [-0.39, 0.29) is 6.54 Å². The third-order valence-corrected chi connectivity index (χ3v) is 5.77. The third-order valence-electron chi connectivity index (χ3n) is 4.83. The van der Waals surface area contributed by atoms with Gasteiger partial charge in [0.2, 0.25) is 0 Å². The molecule has 1 aliphatic heterocycles. The molecule has 27 heavy (non-hydrogen) atoms. The topological polar surface area (TPSA) is 39.7 Å². The first-order chi connectivity index (χ1) is 12.9. The molecule has 0 radical (unpaired) electrons. The first kappa shape index (κ1) is 19.9. The predicted molar refractivity (Wildman–Crippen MR) is 101 cm³/mol. The molecule has 3 rings (SSSR count). The molecule has 1 aromatic heterocycles. The Labute approximate surface area is 160 Å². The molecule has 0 spiro atoms. The van der Waals surface area contributed by atoms with Gasteiger partial charge in [0.1, 0.15) is 5.00 Å². The molecule has 0 saturated carbocycles. The minimum absolute atomic E-state index is 0.130. The monoisotopic (exact) mass is 400 g/mol. The van der Waals surface area contributed by atoms with Crippen molar-refractivity contribution in [1.82, 2.24) is 14.2 Å². The predicted octanol–water partition coefficient (Wildman–Crippen LogP) is 3.22. The van der Waals surface area contributed by atoms with E-state index < -0.39 is 12.1 Å². The largest absolute Gasteiger partial charge is 0.471 e. The van der Waals surface area contributed by atoms with Crippen molar-refractivity contribution in [2.75, 3.05) is 51.2 Å². The van der Waals surface area contributed by atoms with Gasteiger partial charge in [-0.1, -0.05) is 12.1 Å². The average Bonchev–Trinajstić information content (AvgIpc) is 3.08. The number of fused-ring (bicyclic) bond motifs is 1. The molecule has 1 fully saturated rings. The molecule has 0 N–H and O–H groups in total.